The Morgan fingerprint density at radius 1 is 1.22 bits per heavy atom. The summed E-state index contributed by atoms with van der Waals surface area (Å²) in [5.74, 6) is 0.798. The van der Waals surface area contributed by atoms with Crippen LogP contribution in [0.5, 0.6) is 0 Å². The van der Waals surface area contributed by atoms with E-state index in [-0.39, 0.29) is 11.5 Å². The molecule has 6 heteroatoms. The van der Waals surface area contributed by atoms with Crippen LogP contribution in [-0.4, -0.2) is 26.7 Å². The zero-order valence-electron chi connectivity index (χ0n) is 13.2. The summed E-state index contributed by atoms with van der Waals surface area (Å²) < 4.78 is 5.65. The number of carbonyl (C=O) groups excluding carboxylic acids is 1. The van der Waals surface area contributed by atoms with Crippen LogP contribution in [0.1, 0.15) is 27.3 Å². The second-order valence-corrected chi connectivity index (χ2v) is 6.32. The van der Waals surface area contributed by atoms with Crippen LogP contribution in [0.3, 0.4) is 0 Å². The van der Waals surface area contributed by atoms with Crippen molar-refractivity contribution in [1.29, 1.82) is 0 Å². The smallest absolute Gasteiger partial charge is 0.277 e. The van der Waals surface area contributed by atoms with Crippen molar-refractivity contribution in [2.45, 2.75) is 26.0 Å². The minimum absolute atomic E-state index is 0.0486. The third kappa shape index (κ3) is 3.37. The minimum atomic E-state index is 0.0486. The molecule has 0 bridgehead atoms. The van der Waals surface area contributed by atoms with Gasteiger partial charge in [-0.3, -0.25) is 4.79 Å². The van der Waals surface area contributed by atoms with Gasteiger partial charge in [-0.1, -0.05) is 30.0 Å². The van der Waals surface area contributed by atoms with E-state index in [0.717, 1.165) is 22.5 Å². The number of carbonyl (C=O) groups is 1. The van der Waals surface area contributed by atoms with Gasteiger partial charge in [-0.25, -0.2) is 0 Å². The molecule has 2 aromatic heterocycles. The Bertz CT molecular complexity index is 851. The second-order valence-electron chi connectivity index (χ2n) is 5.39. The largest absolute Gasteiger partial charge is 0.411 e. The molecule has 1 N–H and O–H groups in total. The van der Waals surface area contributed by atoms with Crippen molar-refractivity contribution in [3.05, 3.63) is 52.8 Å². The number of hydrogen-bond donors (Lipinski definition) is 1. The topological polar surface area (TPSA) is 71.8 Å². The standard InChI is InChI=1S/C17H17N3O2S/c1-10-6-4-5-7-13(10)16-19-20-17(22-16)23-9-15(21)14-8-11(2)18-12(14)3/h4-8,18H,9H2,1-3H3. The average Bonchev–Trinajstić information content (AvgIpc) is 3.12. The van der Waals surface area contributed by atoms with Crippen LogP contribution in [-0.2, 0) is 0 Å². The summed E-state index contributed by atoms with van der Waals surface area (Å²) in [6, 6.07) is 9.69. The molecule has 0 saturated carbocycles. The average molecular weight is 327 g/mol. The molecule has 0 aliphatic carbocycles. The fourth-order valence-corrected chi connectivity index (χ4v) is 3.05. The van der Waals surface area contributed by atoms with Crippen LogP contribution in [0.15, 0.2) is 40.0 Å². The van der Waals surface area contributed by atoms with Crippen molar-refractivity contribution in [3.8, 4) is 11.5 Å². The SMILES string of the molecule is Cc1cc(C(=O)CSc2nnc(-c3ccccc3C)o2)c(C)[nH]1. The van der Waals surface area contributed by atoms with E-state index in [1.165, 1.54) is 11.8 Å². The third-order valence-electron chi connectivity index (χ3n) is 3.56. The fourth-order valence-electron chi connectivity index (χ4n) is 2.41. The van der Waals surface area contributed by atoms with Gasteiger partial charge in [0.05, 0.1) is 5.75 Å². The van der Waals surface area contributed by atoms with Gasteiger partial charge < -0.3 is 9.40 Å². The zero-order valence-corrected chi connectivity index (χ0v) is 14.0. The first-order chi connectivity index (χ1) is 11.0. The molecule has 2 heterocycles. The van der Waals surface area contributed by atoms with Crippen LogP contribution >= 0.6 is 11.8 Å². The lowest BCUT2D eigenvalue weighted by Crippen LogP contribution is -2.02. The highest BCUT2D eigenvalue weighted by Crippen LogP contribution is 2.26. The number of benzene rings is 1. The highest BCUT2D eigenvalue weighted by Gasteiger charge is 2.15. The maximum atomic E-state index is 12.3. The van der Waals surface area contributed by atoms with Gasteiger partial charge in [0.25, 0.3) is 5.22 Å². The molecular formula is C17H17N3O2S. The monoisotopic (exact) mass is 327 g/mol. The summed E-state index contributed by atoms with van der Waals surface area (Å²) in [4.78, 5) is 15.4. The van der Waals surface area contributed by atoms with E-state index in [1.54, 1.807) is 0 Å². The van der Waals surface area contributed by atoms with Gasteiger partial charge in [-0.05, 0) is 38.5 Å². The van der Waals surface area contributed by atoms with E-state index in [2.05, 4.69) is 15.2 Å². The molecule has 0 aliphatic heterocycles. The Labute approximate surface area is 138 Å². The predicted octanol–water partition coefficient (Wildman–Crippen LogP) is 3.96. The molecule has 0 unspecified atom stereocenters. The number of nitrogens with zero attached hydrogens (tertiary/aromatic N) is 2. The summed E-state index contributed by atoms with van der Waals surface area (Å²) in [5.41, 5.74) is 4.57. The first-order valence-electron chi connectivity index (χ1n) is 7.26. The van der Waals surface area contributed by atoms with E-state index < -0.39 is 0 Å². The van der Waals surface area contributed by atoms with E-state index in [0.29, 0.717) is 16.7 Å². The van der Waals surface area contributed by atoms with Gasteiger partial charge in [0.15, 0.2) is 5.78 Å². The quantitative estimate of drug-likeness (QED) is 0.567. The summed E-state index contributed by atoms with van der Waals surface area (Å²) >= 11 is 1.26. The lowest BCUT2D eigenvalue weighted by molar-refractivity contribution is 0.102. The lowest BCUT2D eigenvalue weighted by Gasteiger charge is -1.99. The molecule has 1 aromatic carbocycles. The number of Topliss-reactive ketones (excluding diaryl/α,β-unsaturated/α-hetero) is 1. The van der Waals surface area contributed by atoms with Crippen LogP contribution < -0.4 is 0 Å². The highest BCUT2D eigenvalue weighted by molar-refractivity contribution is 7.99. The van der Waals surface area contributed by atoms with Gasteiger partial charge in [-0.15, -0.1) is 10.2 Å². The fraction of sp³-hybridized carbons (Fsp3) is 0.235. The predicted molar refractivity (Wildman–Crippen MR) is 89.8 cm³/mol. The van der Waals surface area contributed by atoms with Crippen LogP contribution in [0, 0.1) is 20.8 Å². The number of thioether (sulfide) groups is 1. The van der Waals surface area contributed by atoms with Crippen molar-refractivity contribution in [2.24, 2.45) is 0 Å². The van der Waals surface area contributed by atoms with Crippen molar-refractivity contribution >= 4 is 17.5 Å². The van der Waals surface area contributed by atoms with Gasteiger partial charge in [0, 0.05) is 22.5 Å². The molecule has 0 atom stereocenters. The molecular weight excluding hydrogens is 310 g/mol. The van der Waals surface area contributed by atoms with Gasteiger partial charge >= 0.3 is 0 Å². The maximum Gasteiger partial charge on any atom is 0.277 e. The molecule has 3 aromatic rings. The molecule has 0 amide bonds. The maximum absolute atomic E-state index is 12.3. The summed E-state index contributed by atoms with van der Waals surface area (Å²) in [6.45, 7) is 5.82. The first-order valence-corrected chi connectivity index (χ1v) is 8.25. The van der Waals surface area contributed by atoms with Crippen molar-refractivity contribution < 1.29 is 9.21 Å². The molecule has 3 rings (SSSR count). The molecule has 23 heavy (non-hydrogen) atoms. The van der Waals surface area contributed by atoms with Crippen molar-refractivity contribution in [1.82, 2.24) is 15.2 Å². The summed E-state index contributed by atoms with van der Waals surface area (Å²) in [6.07, 6.45) is 0. The second kappa shape index (κ2) is 6.42. The molecule has 0 fully saturated rings. The van der Waals surface area contributed by atoms with Gasteiger partial charge in [0.1, 0.15) is 0 Å². The van der Waals surface area contributed by atoms with Gasteiger partial charge in [-0.2, -0.15) is 0 Å². The molecule has 0 spiro atoms. The Morgan fingerprint density at radius 2 is 2.00 bits per heavy atom. The lowest BCUT2D eigenvalue weighted by atomic mass is 10.1. The number of ketones is 1. The highest BCUT2D eigenvalue weighted by atomic mass is 32.2. The Kier molecular flexibility index (Phi) is 4.34. The molecule has 5 nitrogen and oxygen atoms in total. The number of rotatable bonds is 5. The van der Waals surface area contributed by atoms with E-state index in [1.807, 2.05) is 51.1 Å². The van der Waals surface area contributed by atoms with Crippen LogP contribution in [0.4, 0.5) is 0 Å². The van der Waals surface area contributed by atoms with Gasteiger partial charge in [0.2, 0.25) is 5.89 Å². The normalized spacial score (nSPS) is 10.9. The van der Waals surface area contributed by atoms with Crippen molar-refractivity contribution in [2.75, 3.05) is 5.75 Å². The van der Waals surface area contributed by atoms with Crippen LogP contribution in [0.2, 0.25) is 0 Å². The first kappa shape index (κ1) is 15.6. The number of nitrogens with one attached hydrogen (secondary N) is 1. The van der Waals surface area contributed by atoms with E-state index in [9.17, 15) is 4.79 Å². The molecule has 0 saturated heterocycles. The van der Waals surface area contributed by atoms with Crippen molar-refractivity contribution in [3.63, 3.8) is 0 Å². The molecule has 118 valence electrons. The Morgan fingerprint density at radius 3 is 2.70 bits per heavy atom. The third-order valence-corrected chi connectivity index (χ3v) is 4.38. The Balaban J connectivity index is 1.69. The van der Waals surface area contributed by atoms with Crippen LogP contribution in [0.25, 0.3) is 11.5 Å². The summed E-state index contributed by atoms with van der Waals surface area (Å²) in [7, 11) is 0. The number of H-pyrrole nitrogens is 1. The summed E-state index contributed by atoms with van der Waals surface area (Å²) in [5, 5.41) is 8.48. The number of aromatic amines is 1. The number of hydrogen-bond acceptors (Lipinski definition) is 5. The zero-order chi connectivity index (χ0) is 16.4. The van der Waals surface area contributed by atoms with E-state index >= 15 is 0 Å². The number of aromatic nitrogens is 3. The van der Waals surface area contributed by atoms with E-state index in [4.69, 9.17) is 4.42 Å². The minimum Gasteiger partial charge on any atom is -0.411 e. The Hall–Kier alpha value is -2.34. The molecule has 0 radical (unpaired) electrons. The number of aryl methyl sites for hydroxylation is 3. The molecule has 0 aliphatic rings.